The van der Waals surface area contributed by atoms with E-state index >= 15 is 0 Å². The molecule has 0 radical (unpaired) electrons. The molecule has 0 unspecified atom stereocenters. The van der Waals surface area contributed by atoms with E-state index in [0.717, 1.165) is 10.0 Å². The number of aliphatic hydroxyl groups is 1. The first-order chi connectivity index (χ1) is 6.83. The second-order valence-corrected chi connectivity index (χ2v) is 3.71. The van der Waals surface area contributed by atoms with Gasteiger partial charge in [0.15, 0.2) is 0 Å². The smallest absolute Gasteiger partial charge is 0.0721 e. The molecule has 0 spiro atoms. The van der Waals surface area contributed by atoms with Gasteiger partial charge in [-0.25, -0.2) is 0 Å². The topological polar surface area (TPSA) is 29.5 Å². The van der Waals surface area contributed by atoms with Crippen LogP contribution in [0.15, 0.2) is 40.9 Å². The van der Waals surface area contributed by atoms with Crippen molar-refractivity contribution in [1.29, 1.82) is 0 Å². The molecule has 1 aromatic carbocycles. The number of hydrogen-bond donors (Lipinski definition) is 1. The van der Waals surface area contributed by atoms with Crippen molar-refractivity contribution in [3.63, 3.8) is 0 Å². The number of hydrogen-bond acceptors (Lipinski definition) is 2. The molecule has 2 nitrogen and oxygen atoms in total. The monoisotopic (exact) mass is 256 g/mol. The molecule has 1 rings (SSSR count). The molecule has 0 saturated carbocycles. The van der Waals surface area contributed by atoms with Gasteiger partial charge in [0.05, 0.1) is 19.8 Å². The summed E-state index contributed by atoms with van der Waals surface area (Å²) in [5.74, 6) is 0. The normalized spacial score (nSPS) is 11.0. The van der Waals surface area contributed by atoms with E-state index in [0.29, 0.717) is 13.2 Å². The fourth-order valence-corrected chi connectivity index (χ4v) is 1.23. The van der Waals surface area contributed by atoms with Gasteiger partial charge >= 0.3 is 0 Å². The predicted octanol–water partition coefficient (Wildman–Crippen LogP) is 2.51. The predicted molar refractivity (Wildman–Crippen MR) is 60.0 cm³/mol. The molecule has 0 aliphatic rings. The third-order valence-corrected chi connectivity index (χ3v) is 2.20. The van der Waals surface area contributed by atoms with Crippen molar-refractivity contribution >= 4 is 15.9 Å². The van der Waals surface area contributed by atoms with Gasteiger partial charge in [0.1, 0.15) is 0 Å². The van der Waals surface area contributed by atoms with Crippen LogP contribution in [-0.4, -0.2) is 18.3 Å². The first-order valence-electron chi connectivity index (χ1n) is 4.41. The molecule has 0 bridgehead atoms. The molecule has 0 amide bonds. The standard InChI is InChI=1S/C11H13BrO2/c12-11-5-3-10(4-6-11)9-14-8-2-1-7-13/h1-6,13H,7-9H2/b2-1+. The maximum atomic E-state index is 8.47. The zero-order chi connectivity index (χ0) is 10.2. The van der Waals surface area contributed by atoms with E-state index in [1.54, 1.807) is 12.2 Å². The molecule has 0 heterocycles. The highest BCUT2D eigenvalue weighted by atomic mass is 79.9. The summed E-state index contributed by atoms with van der Waals surface area (Å²) in [5.41, 5.74) is 1.14. The van der Waals surface area contributed by atoms with Gasteiger partial charge in [0, 0.05) is 4.47 Å². The minimum atomic E-state index is 0.0711. The van der Waals surface area contributed by atoms with Gasteiger partial charge in [-0.2, -0.15) is 0 Å². The number of ether oxygens (including phenoxy) is 1. The summed E-state index contributed by atoms with van der Waals surface area (Å²) in [4.78, 5) is 0. The Balaban J connectivity index is 2.25. The highest BCUT2D eigenvalue weighted by Crippen LogP contribution is 2.10. The summed E-state index contributed by atoms with van der Waals surface area (Å²) in [5, 5.41) is 8.47. The van der Waals surface area contributed by atoms with Crippen molar-refractivity contribution < 1.29 is 9.84 Å². The lowest BCUT2D eigenvalue weighted by atomic mass is 10.2. The van der Waals surface area contributed by atoms with Crippen molar-refractivity contribution in [2.75, 3.05) is 13.2 Å². The lowest BCUT2D eigenvalue weighted by Crippen LogP contribution is -1.92. The first-order valence-corrected chi connectivity index (χ1v) is 5.20. The van der Waals surface area contributed by atoms with Crippen LogP contribution in [0.2, 0.25) is 0 Å². The Labute approximate surface area is 92.3 Å². The van der Waals surface area contributed by atoms with Gasteiger partial charge in [-0.15, -0.1) is 0 Å². The molecule has 0 aliphatic carbocycles. The highest BCUT2D eigenvalue weighted by Gasteiger charge is 1.91. The fourth-order valence-electron chi connectivity index (χ4n) is 0.968. The van der Waals surface area contributed by atoms with Crippen molar-refractivity contribution in [2.45, 2.75) is 6.61 Å². The van der Waals surface area contributed by atoms with Crippen LogP contribution < -0.4 is 0 Å². The van der Waals surface area contributed by atoms with Gasteiger partial charge in [-0.05, 0) is 17.7 Å². The van der Waals surface area contributed by atoms with E-state index in [-0.39, 0.29) is 6.61 Å². The molecule has 0 fully saturated rings. The van der Waals surface area contributed by atoms with Crippen molar-refractivity contribution in [1.82, 2.24) is 0 Å². The van der Waals surface area contributed by atoms with Gasteiger partial charge in [0.25, 0.3) is 0 Å². The summed E-state index contributed by atoms with van der Waals surface area (Å²) >= 11 is 3.37. The molecule has 76 valence electrons. The second-order valence-electron chi connectivity index (χ2n) is 2.80. The van der Waals surface area contributed by atoms with Crippen LogP contribution in [0.4, 0.5) is 0 Å². The lowest BCUT2D eigenvalue weighted by molar-refractivity contribution is 0.148. The minimum Gasteiger partial charge on any atom is -0.392 e. The third-order valence-electron chi connectivity index (χ3n) is 1.67. The van der Waals surface area contributed by atoms with Crippen molar-refractivity contribution in [2.24, 2.45) is 0 Å². The molecule has 0 atom stereocenters. The van der Waals surface area contributed by atoms with Gasteiger partial charge < -0.3 is 9.84 Å². The maximum Gasteiger partial charge on any atom is 0.0721 e. The Kier molecular flexibility index (Phi) is 5.52. The number of rotatable bonds is 5. The number of benzene rings is 1. The van der Waals surface area contributed by atoms with Crippen LogP contribution >= 0.6 is 15.9 Å². The van der Waals surface area contributed by atoms with E-state index in [9.17, 15) is 0 Å². The molecule has 1 aromatic rings. The summed E-state index contributed by atoms with van der Waals surface area (Å²) in [6.07, 6.45) is 3.47. The molecule has 0 aliphatic heterocycles. The highest BCUT2D eigenvalue weighted by molar-refractivity contribution is 9.10. The molecule has 1 N–H and O–H groups in total. The largest absolute Gasteiger partial charge is 0.392 e. The minimum absolute atomic E-state index is 0.0711. The number of aliphatic hydroxyl groups excluding tert-OH is 1. The van der Waals surface area contributed by atoms with Gasteiger partial charge in [-0.3, -0.25) is 0 Å². The zero-order valence-electron chi connectivity index (χ0n) is 7.82. The first kappa shape index (κ1) is 11.4. The fraction of sp³-hybridized carbons (Fsp3) is 0.273. The lowest BCUT2D eigenvalue weighted by Gasteiger charge is -2.01. The Morgan fingerprint density at radius 3 is 2.57 bits per heavy atom. The van der Waals surface area contributed by atoms with Crippen molar-refractivity contribution in [3.8, 4) is 0 Å². The Bertz CT molecular complexity index is 280. The number of halogens is 1. The maximum absolute atomic E-state index is 8.47. The van der Waals surface area contributed by atoms with E-state index < -0.39 is 0 Å². The van der Waals surface area contributed by atoms with E-state index in [1.165, 1.54) is 0 Å². The molecule has 0 saturated heterocycles. The van der Waals surface area contributed by atoms with E-state index in [4.69, 9.17) is 9.84 Å². The van der Waals surface area contributed by atoms with Crippen LogP contribution in [0.1, 0.15) is 5.56 Å². The van der Waals surface area contributed by atoms with Crippen molar-refractivity contribution in [3.05, 3.63) is 46.5 Å². The summed E-state index contributed by atoms with van der Waals surface area (Å²) in [7, 11) is 0. The average molecular weight is 257 g/mol. The summed E-state index contributed by atoms with van der Waals surface area (Å²) in [6, 6.07) is 8.00. The van der Waals surface area contributed by atoms with Crippen LogP contribution in [0.3, 0.4) is 0 Å². The zero-order valence-corrected chi connectivity index (χ0v) is 9.40. The van der Waals surface area contributed by atoms with E-state index in [2.05, 4.69) is 15.9 Å². The SMILES string of the molecule is OC/C=C/COCc1ccc(Br)cc1. The van der Waals surface area contributed by atoms with Crippen LogP contribution in [0.25, 0.3) is 0 Å². The molecule has 14 heavy (non-hydrogen) atoms. The summed E-state index contributed by atoms with van der Waals surface area (Å²) in [6.45, 7) is 1.21. The third kappa shape index (κ3) is 4.56. The second kappa shape index (κ2) is 6.76. The molecular formula is C11H13BrO2. The quantitative estimate of drug-likeness (QED) is 0.648. The van der Waals surface area contributed by atoms with Crippen LogP contribution in [-0.2, 0) is 11.3 Å². The van der Waals surface area contributed by atoms with Crippen LogP contribution in [0, 0.1) is 0 Å². The molecule has 3 heteroatoms. The van der Waals surface area contributed by atoms with Gasteiger partial charge in [0.2, 0.25) is 0 Å². The average Bonchev–Trinajstić information content (AvgIpc) is 2.21. The Morgan fingerprint density at radius 1 is 1.21 bits per heavy atom. The molecule has 0 aromatic heterocycles. The Hall–Kier alpha value is -0.640. The van der Waals surface area contributed by atoms with E-state index in [1.807, 2.05) is 24.3 Å². The van der Waals surface area contributed by atoms with Crippen LogP contribution in [0.5, 0.6) is 0 Å². The van der Waals surface area contributed by atoms with Gasteiger partial charge in [-0.1, -0.05) is 40.2 Å². The Morgan fingerprint density at radius 2 is 1.93 bits per heavy atom. The molecular weight excluding hydrogens is 244 g/mol. The summed E-state index contributed by atoms with van der Waals surface area (Å²) < 4.78 is 6.42.